The number of aliphatic imine (C=N–C) groups is 1. The SMILES string of the molecule is Cc1cc(N(c2ccccc2)c2ccccc2)cc(C)c1-c1ccc(-c2cc(-c3ccccc3)cc(C=Nc3cccc4c(-c5c(C)cc(N(c6ccccc6)c6ccccc6)cc5C)ccc(O)c34)n2)c(O)c1. The summed E-state index contributed by atoms with van der Waals surface area (Å²) in [5.74, 6) is 0.267. The van der Waals surface area contributed by atoms with Crippen LogP contribution in [0.3, 0.4) is 0 Å². The second-order valence-electron chi connectivity index (χ2n) is 18.8. The lowest BCUT2D eigenvalue weighted by molar-refractivity contribution is 0.477. The molecular formula is C68H54N4O2. The fourth-order valence-electron chi connectivity index (χ4n) is 10.5. The Bertz CT molecular complexity index is 3720. The molecule has 1 aromatic heterocycles. The Hall–Kier alpha value is -9.52. The van der Waals surface area contributed by atoms with Gasteiger partial charge < -0.3 is 20.0 Å². The molecule has 0 fully saturated rings. The molecule has 0 aliphatic carbocycles. The van der Waals surface area contributed by atoms with E-state index in [1.807, 2.05) is 84.9 Å². The topological polar surface area (TPSA) is 72.2 Å². The van der Waals surface area contributed by atoms with E-state index < -0.39 is 0 Å². The number of anilines is 6. The van der Waals surface area contributed by atoms with Gasteiger partial charge in [-0.3, -0.25) is 4.99 Å². The average molecular weight is 959 g/mol. The standard InChI is InChI=1S/C68H54N4O2/c1-45-37-57(71(53-23-12-6-13-24-53)54-25-14-7-15-26-54)38-46(2)66(45)50-33-34-61(65(74)43-50)63-42-51(49-21-10-5-11-22-49)41-52(70-63)44-69-62-32-20-31-59-60(35-36-64(73)68(59)62)67-47(3)39-58(40-48(67)4)72(55-27-16-8-17-28-55)56-29-18-9-19-30-56/h5-44,73-74H,1-4H3. The van der Waals surface area contributed by atoms with E-state index in [1.165, 1.54) is 0 Å². The molecular weight excluding hydrogens is 905 g/mol. The van der Waals surface area contributed by atoms with Crippen LogP contribution in [0, 0.1) is 27.7 Å². The first-order valence-corrected chi connectivity index (χ1v) is 24.9. The molecule has 0 bridgehead atoms. The van der Waals surface area contributed by atoms with Gasteiger partial charge in [-0.05, 0) is 198 Å². The number of rotatable bonds is 12. The summed E-state index contributed by atoms with van der Waals surface area (Å²) < 4.78 is 0. The minimum absolute atomic E-state index is 0.124. The van der Waals surface area contributed by atoms with Crippen LogP contribution in [-0.4, -0.2) is 21.4 Å². The van der Waals surface area contributed by atoms with Crippen LogP contribution in [0.25, 0.3) is 55.4 Å². The Morgan fingerprint density at radius 1 is 0.378 bits per heavy atom. The van der Waals surface area contributed by atoms with Crippen molar-refractivity contribution in [3.8, 4) is 56.1 Å². The van der Waals surface area contributed by atoms with Crippen LogP contribution < -0.4 is 9.80 Å². The summed E-state index contributed by atoms with van der Waals surface area (Å²) in [5.41, 5.74) is 19.3. The van der Waals surface area contributed by atoms with Gasteiger partial charge in [-0.1, -0.05) is 127 Å². The predicted molar refractivity (Wildman–Crippen MR) is 309 cm³/mol. The Kier molecular flexibility index (Phi) is 12.9. The molecule has 0 amide bonds. The number of phenols is 2. The summed E-state index contributed by atoms with van der Waals surface area (Å²) in [4.78, 5) is 14.7. The van der Waals surface area contributed by atoms with Crippen LogP contribution in [0.5, 0.6) is 11.5 Å². The smallest absolute Gasteiger partial charge is 0.125 e. The number of aryl methyl sites for hydroxylation is 4. The summed E-state index contributed by atoms with van der Waals surface area (Å²) in [6, 6.07) is 80.4. The van der Waals surface area contributed by atoms with Gasteiger partial charge in [-0.2, -0.15) is 0 Å². The fraction of sp³-hybridized carbons (Fsp3) is 0.0588. The lowest BCUT2D eigenvalue weighted by Crippen LogP contribution is -2.10. The fourth-order valence-corrected chi connectivity index (χ4v) is 10.5. The molecule has 0 aliphatic rings. The first kappa shape index (κ1) is 46.8. The molecule has 0 atom stereocenters. The Labute approximate surface area is 433 Å². The molecule has 11 rings (SSSR count). The predicted octanol–water partition coefficient (Wildman–Crippen LogP) is 18.2. The number of phenolic OH excluding ortho intramolecular Hbond substituents is 2. The van der Waals surface area contributed by atoms with Crippen molar-refractivity contribution in [3.63, 3.8) is 0 Å². The first-order chi connectivity index (χ1) is 36.2. The highest BCUT2D eigenvalue weighted by molar-refractivity contribution is 6.07. The van der Waals surface area contributed by atoms with E-state index in [-0.39, 0.29) is 11.5 Å². The molecule has 0 aliphatic heterocycles. The van der Waals surface area contributed by atoms with Crippen LogP contribution >= 0.6 is 0 Å². The van der Waals surface area contributed by atoms with Crippen LogP contribution in [0.1, 0.15) is 27.9 Å². The van der Waals surface area contributed by atoms with Crippen molar-refractivity contribution >= 4 is 56.8 Å². The molecule has 2 N–H and O–H groups in total. The molecule has 6 nitrogen and oxygen atoms in total. The number of fused-ring (bicyclic) bond motifs is 1. The molecule has 6 heteroatoms. The lowest BCUT2D eigenvalue weighted by atomic mass is 9.90. The van der Waals surface area contributed by atoms with Gasteiger partial charge in [0.05, 0.1) is 23.3 Å². The van der Waals surface area contributed by atoms with Crippen molar-refractivity contribution in [1.29, 1.82) is 0 Å². The molecule has 0 saturated heterocycles. The van der Waals surface area contributed by atoms with E-state index in [0.717, 1.165) is 95.1 Å². The third kappa shape index (κ3) is 9.29. The normalized spacial score (nSPS) is 11.3. The van der Waals surface area contributed by atoms with Crippen LogP contribution in [0.4, 0.5) is 39.8 Å². The summed E-state index contributed by atoms with van der Waals surface area (Å²) in [6.45, 7) is 8.57. The largest absolute Gasteiger partial charge is 0.507 e. The van der Waals surface area contributed by atoms with Gasteiger partial charge >= 0.3 is 0 Å². The molecule has 0 unspecified atom stereocenters. The van der Waals surface area contributed by atoms with Crippen molar-refractivity contribution in [2.24, 2.45) is 4.99 Å². The molecule has 0 saturated carbocycles. The maximum atomic E-state index is 11.9. The van der Waals surface area contributed by atoms with Crippen molar-refractivity contribution in [2.75, 3.05) is 9.80 Å². The summed E-state index contributed by atoms with van der Waals surface area (Å²) in [7, 11) is 0. The monoisotopic (exact) mass is 958 g/mol. The maximum Gasteiger partial charge on any atom is 0.125 e. The summed E-state index contributed by atoms with van der Waals surface area (Å²) in [5, 5.41) is 25.1. The Morgan fingerprint density at radius 2 is 0.851 bits per heavy atom. The maximum absolute atomic E-state index is 11.9. The molecule has 0 radical (unpaired) electrons. The molecule has 11 aromatic rings. The number of aromatic nitrogens is 1. The number of hydrogen-bond donors (Lipinski definition) is 2. The average Bonchev–Trinajstić information content (AvgIpc) is 3.42. The number of pyridine rings is 1. The number of aromatic hydroxyl groups is 2. The van der Waals surface area contributed by atoms with Gasteiger partial charge in [0.2, 0.25) is 0 Å². The third-order valence-corrected chi connectivity index (χ3v) is 13.7. The quantitative estimate of drug-likeness (QED) is 0.119. The highest BCUT2D eigenvalue weighted by Crippen LogP contribution is 2.45. The van der Waals surface area contributed by atoms with Crippen LogP contribution in [0.2, 0.25) is 0 Å². The zero-order valence-electron chi connectivity index (χ0n) is 41.8. The molecule has 1 heterocycles. The van der Waals surface area contributed by atoms with Crippen LogP contribution in [0.15, 0.2) is 242 Å². The molecule has 10 aromatic carbocycles. The van der Waals surface area contributed by atoms with E-state index in [4.69, 9.17) is 9.98 Å². The Balaban J connectivity index is 0.944. The van der Waals surface area contributed by atoms with Gasteiger partial charge in [-0.25, -0.2) is 4.98 Å². The number of benzene rings is 10. The molecule has 0 spiro atoms. The van der Waals surface area contributed by atoms with E-state index in [2.05, 4.69) is 183 Å². The van der Waals surface area contributed by atoms with Gasteiger partial charge in [0, 0.05) is 45.1 Å². The molecule has 358 valence electrons. The van der Waals surface area contributed by atoms with E-state index in [9.17, 15) is 10.2 Å². The summed E-state index contributed by atoms with van der Waals surface area (Å²) in [6.07, 6.45) is 1.75. The number of nitrogens with zero attached hydrogens (tertiary/aromatic N) is 4. The van der Waals surface area contributed by atoms with Gasteiger partial charge in [0.25, 0.3) is 0 Å². The second kappa shape index (κ2) is 20.3. The van der Waals surface area contributed by atoms with E-state index in [0.29, 0.717) is 28.0 Å². The van der Waals surface area contributed by atoms with Crippen molar-refractivity contribution in [1.82, 2.24) is 4.98 Å². The van der Waals surface area contributed by atoms with Crippen LogP contribution in [-0.2, 0) is 0 Å². The van der Waals surface area contributed by atoms with E-state index >= 15 is 0 Å². The third-order valence-electron chi connectivity index (χ3n) is 13.7. The minimum Gasteiger partial charge on any atom is -0.507 e. The zero-order chi connectivity index (χ0) is 50.7. The number of para-hydroxylation sites is 4. The highest BCUT2D eigenvalue weighted by Gasteiger charge is 2.21. The lowest BCUT2D eigenvalue weighted by Gasteiger charge is -2.27. The van der Waals surface area contributed by atoms with Gasteiger partial charge in [0.1, 0.15) is 11.5 Å². The number of hydrogen-bond acceptors (Lipinski definition) is 6. The van der Waals surface area contributed by atoms with Crippen molar-refractivity contribution in [2.45, 2.75) is 27.7 Å². The van der Waals surface area contributed by atoms with Crippen molar-refractivity contribution < 1.29 is 10.2 Å². The van der Waals surface area contributed by atoms with Gasteiger partial charge in [0.15, 0.2) is 0 Å². The van der Waals surface area contributed by atoms with Crippen molar-refractivity contribution in [3.05, 3.63) is 265 Å². The summed E-state index contributed by atoms with van der Waals surface area (Å²) >= 11 is 0. The zero-order valence-corrected chi connectivity index (χ0v) is 41.8. The first-order valence-electron chi connectivity index (χ1n) is 24.9. The second-order valence-corrected chi connectivity index (χ2v) is 18.8. The molecule has 74 heavy (non-hydrogen) atoms. The highest BCUT2D eigenvalue weighted by atomic mass is 16.3. The van der Waals surface area contributed by atoms with Gasteiger partial charge in [-0.15, -0.1) is 0 Å². The van der Waals surface area contributed by atoms with E-state index in [1.54, 1.807) is 12.3 Å². The minimum atomic E-state index is 0.124. The Morgan fingerprint density at radius 3 is 1.35 bits per heavy atom.